The highest BCUT2D eigenvalue weighted by atomic mass is 35.5. The molecule has 8 nitrogen and oxygen atoms in total. The molecule has 1 N–H and O–H groups in total. The molecule has 1 amide bonds. The third-order valence-electron chi connectivity index (χ3n) is 3.80. The highest BCUT2D eigenvalue weighted by molar-refractivity contribution is 7.89. The molecule has 0 fully saturated rings. The molecule has 2 rings (SSSR count). The average Bonchev–Trinajstić information content (AvgIpc) is 3.13. The van der Waals surface area contributed by atoms with Gasteiger partial charge in [-0.3, -0.25) is 14.5 Å². The van der Waals surface area contributed by atoms with Crippen LogP contribution in [0.25, 0.3) is 0 Å². The Bertz CT molecular complexity index is 1070. The van der Waals surface area contributed by atoms with Gasteiger partial charge in [-0.2, -0.15) is 17.9 Å². The van der Waals surface area contributed by atoms with E-state index in [0.29, 0.717) is 29.5 Å². The number of alkyl halides is 3. The van der Waals surface area contributed by atoms with E-state index in [1.807, 2.05) is 4.72 Å². The summed E-state index contributed by atoms with van der Waals surface area (Å²) in [5, 5.41) is 1.55. The molecule has 1 heterocycles. The van der Waals surface area contributed by atoms with Crippen LogP contribution in [-0.2, 0) is 37.1 Å². The van der Waals surface area contributed by atoms with Crippen molar-refractivity contribution in [3.63, 3.8) is 0 Å². The number of hydrogen-bond acceptors (Lipinski definition) is 7. The number of amides is 1. The van der Waals surface area contributed by atoms with Crippen molar-refractivity contribution in [3.8, 4) is 0 Å². The number of benzene rings is 1. The molecule has 1 aromatic carbocycles. The van der Waals surface area contributed by atoms with Gasteiger partial charge in [-0.1, -0.05) is 11.6 Å². The van der Waals surface area contributed by atoms with Crippen LogP contribution in [0.5, 0.6) is 0 Å². The predicted octanol–water partition coefficient (Wildman–Crippen LogP) is 3.21. The lowest BCUT2D eigenvalue weighted by atomic mass is 10.2. The van der Waals surface area contributed by atoms with Crippen molar-refractivity contribution < 1.29 is 35.9 Å². The van der Waals surface area contributed by atoms with Crippen molar-refractivity contribution >= 4 is 50.0 Å². The van der Waals surface area contributed by atoms with Gasteiger partial charge in [-0.15, -0.1) is 11.3 Å². The number of nitrogens with zero attached hydrogens (tertiary/aromatic N) is 2. The van der Waals surface area contributed by atoms with Gasteiger partial charge in [-0.05, 0) is 25.1 Å². The first-order valence-corrected chi connectivity index (χ1v) is 11.3. The highest BCUT2D eigenvalue weighted by Crippen LogP contribution is 2.33. The Morgan fingerprint density at radius 1 is 1.32 bits per heavy atom. The van der Waals surface area contributed by atoms with Crippen molar-refractivity contribution in [3.05, 3.63) is 39.9 Å². The second-order valence-corrected chi connectivity index (χ2v) is 8.99. The van der Waals surface area contributed by atoms with Crippen LogP contribution in [-0.4, -0.2) is 38.4 Å². The SMILES string of the molecule is CCN(C(C)=O)c1nc(COC(=O)CNS(=O)(=O)c2cc(C(F)(F)F)ccc2Cl)cs1. The molecule has 0 radical (unpaired) electrons. The van der Waals surface area contributed by atoms with Gasteiger partial charge in [0.25, 0.3) is 0 Å². The molecule has 0 spiro atoms. The average molecular weight is 500 g/mol. The van der Waals surface area contributed by atoms with Crippen molar-refractivity contribution in [2.45, 2.75) is 31.5 Å². The van der Waals surface area contributed by atoms with Crippen LogP contribution in [0.2, 0.25) is 5.02 Å². The molecule has 0 aliphatic heterocycles. The van der Waals surface area contributed by atoms with E-state index in [4.69, 9.17) is 16.3 Å². The van der Waals surface area contributed by atoms with E-state index in [9.17, 15) is 31.2 Å². The van der Waals surface area contributed by atoms with Crippen LogP contribution in [0, 0.1) is 0 Å². The zero-order chi connectivity index (χ0) is 23.4. The van der Waals surface area contributed by atoms with Crippen LogP contribution in [0.1, 0.15) is 25.1 Å². The summed E-state index contributed by atoms with van der Waals surface area (Å²) in [6.07, 6.45) is -4.77. The maximum atomic E-state index is 12.8. The third kappa shape index (κ3) is 6.63. The van der Waals surface area contributed by atoms with Crippen LogP contribution in [0.3, 0.4) is 0 Å². The number of anilines is 1. The van der Waals surface area contributed by atoms with E-state index in [2.05, 4.69) is 4.98 Å². The third-order valence-corrected chi connectivity index (χ3v) is 6.60. The maximum absolute atomic E-state index is 12.8. The summed E-state index contributed by atoms with van der Waals surface area (Å²) in [4.78, 5) is 28.1. The predicted molar refractivity (Wildman–Crippen MR) is 107 cm³/mol. The fourth-order valence-corrected chi connectivity index (χ4v) is 4.71. The van der Waals surface area contributed by atoms with Crippen molar-refractivity contribution in [1.82, 2.24) is 9.71 Å². The quantitative estimate of drug-likeness (QED) is 0.559. The number of rotatable bonds is 8. The molecular weight excluding hydrogens is 483 g/mol. The Morgan fingerprint density at radius 3 is 2.58 bits per heavy atom. The minimum Gasteiger partial charge on any atom is -0.458 e. The van der Waals surface area contributed by atoms with Gasteiger partial charge in [0.15, 0.2) is 5.13 Å². The van der Waals surface area contributed by atoms with E-state index < -0.39 is 44.2 Å². The van der Waals surface area contributed by atoms with E-state index >= 15 is 0 Å². The van der Waals surface area contributed by atoms with Gasteiger partial charge >= 0.3 is 12.1 Å². The molecule has 0 aliphatic carbocycles. The largest absolute Gasteiger partial charge is 0.458 e. The number of hydrogen-bond donors (Lipinski definition) is 1. The second kappa shape index (κ2) is 9.94. The maximum Gasteiger partial charge on any atom is 0.416 e. The molecule has 170 valence electrons. The van der Waals surface area contributed by atoms with E-state index in [-0.39, 0.29) is 12.5 Å². The summed E-state index contributed by atoms with van der Waals surface area (Å²) in [5.41, 5.74) is -0.859. The topological polar surface area (TPSA) is 106 Å². The van der Waals surface area contributed by atoms with Crippen molar-refractivity contribution in [2.75, 3.05) is 18.0 Å². The Hall–Kier alpha value is -2.22. The summed E-state index contributed by atoms with van der Waals surface area (Å²) in [6, 6.07) is 1.82. The molecule has 2 aromatic rings. The summed E-state index contributed by atoms with van der Waals surface area (Å²) < 4.78 is 69.8. The summed E-state index contributed by atoms with van der Waals surface area (Å²) >= 11 is 6.88. The molecule has 0 saturated carbocycles. The van der Waals surface area contributed by atoms with Gasteiger partial charge in [0, 0.05) is 18.8 Å². The van der Waals surface area contributed by atoms with E-state index in [0.717, 1.165) is 6.07 Å². The fraction of sp³-hybridized carbons (Fsp3) is 0.353. The van der Waals surface area contributed by atoms with Crippen molar-refractivity contribution in [2.24, 2.45) is 0 Å². The molecule has 0 unspecified atom stereocenters. The van der Waals surface area contributed by atoms with Crippen molar-refractivity contribution in [1.29, 1.82) is 0 Å². The van der Waals surface area contributed by atoms with Gasteiger partial charge in [-0.25, -0.2) is 13.4 Å². The van der Waals surface area contributed by atoms with Gasteiger partial charge in [0.1, 0.15) is 18.0 Å². The Kier molecular flexibility index (Phi) is 8.03. The van der Waals surface area contributed by atoms with Crippen LogP contribution < -0.4 is 9.62 Å². The monoisotopic (exact) mass is 499 g/mol. The fourth-order valence-electron chi connectivity index (χ4n) is 2.30. The molecule has 14 heteroatoms. The molecular formula is C17H17ClF3N3O5S2. The highest BCUT2D eigenvalue weighted by Gasteiger charge is 2.32. The number of aromatic nitrogens is 1. The normalized spacial score (nSPS) is 11.9. The molecule has 0 saturated heterocycles. The Morgan fingerprint density at radius 2 is 2.00 bits per heavy atom. The number of carbonyl (C=O) groups excluding carboxylic acids is 2. The zero-order valence-corrected chi connectivity index (χ0v) is 18.6. The minimum absolute atomic E-state index is 0.206. The van der Waals surface area contributed by atoms with Gasteiger partial charge in [0.05, 0.1) is 16.3 Å². The number of sulfonamides is 1. The lowest BCUT2D eigenvalue weighted by molar-refractivity contribution is -0.143. The Balaban J connectivity index is 1.99. The number of esters is 1. The second-order valence-electron chi connectivity index (χ2n) is 6.01. The van der Waals surface area contributed by atoms with E-state index in [1.165, 1.54) is 23.2 Å². The molecule has 0 atom stereocenters. The summed E-state index contributed by atoms with van der Waals surface area (Å²) in [5.74, 6) is -1.19. The smallest absolute Gasteiger partial charge is 0.416 e. The number of carbonyl (C=O) groups is 2. The molecule has 0 aliphatic rings. The van der Waals surface area contributed by atoms with E-state index in [1.54, 1.807) is 12.3 Å². The number of halogens is 4. The summed E-state index contributed by atoms with van der Waals surface area (Å²) in [6.45, 7) is 2.44. The molecule has 1 aromatic heterocycles. The summed E-state index contributed by atoms with van der Waals surface area (Å²) in [7, 11) is -4.51. The number of ether oxygens (including phenoxy) is 1. The first kappa shape index (κ1) is 25.0. The molecule has 31 heavy (non-hydrogen) atoms. The number of nitrogens with one attached hydrogen (secondary N) is 1. The first-order valence-electron chi connectivity index (χ1n) is 8.59. The first-order chi connectivity index (χ1) is 14.3. The number of thiazole rings is 1. The van der Waals surface area contributed by atoms with Gasteiger partial charge < -0.3 is 4.74 Å². The van der Waals surface area contributed by atoms with Crippen LogP contribution in [0.4, 0.5) is 18.3 Å². The lowest BCUT2D eigenvalue weighted by Crippen LogP contribution is -2.31. The van der Waals surface area contributed by atoms with Crippen LogP contribution in [0.15, 0.2) is 28.5 Å². The minimum atomic E-state index is -4.77. The molecule has 0 bridgehead atoms. The van der Waals surface area contributed by atoms with Crippen LogP contribution >= 0.6 is 22.9 Å². The Labute approximate surface area is 185 Å². The standard InChI is InChI=1S/C17H17ClF3N3O5S2/c1-3-24(10(2)25)16-23-12(9-30-16)8-29-15(26)7-22-31(27,28)14-6-11(17(19,20)21)4-5-13(14)18/h4-6,9,22H,3,7-8H2,1-2H3. The zero-order valence-electron chi connectivity index (χ0n) is 16.2. The lowest BCUT2D eigenvalue weighted by Gasteiger charge is -2.14. The van der Waals surface area contributed by atoms with Gasteiger partial charge in [0.2, 0.25) is 15.9 Å².